The molecule has 27 heavy (non-hydrogen) atoms. The Morgan fingerprint density at radius 3 is 2.41 bits per heavy atom. The zero-order valence-electron chi connectivity index (χ0n) is 15.0. The highest BCUT2D eigenvalue weighted by Crippen LogP contribution is 2.30. The van der Waals surface area contributed by atoms with Gasteiger partial charge in [0, 0.05) is 13.2 Å². The normalized spacial score (nSPS) is 11.9. The van der Waals surface area contributed by atoms with E-state index in [2.05, 4.69) is 39.7 Å². The van der Waals surface area contributed by atoms with Gasteiger partial charge in [0.2, 0.25) is 11.7 Å². The Hall–Kier alpha value is -3.47. The van der Waals surface area contributed by atoms with E-state index in [0.717, 1.165) is 23.4 Å². The molecule has 0 saturated heterocycles. The number of nitrogens with zero attached hydrogens (tertiary/aromatic N) is 3. The van der Waals surface area contributed by atoms with Gasteiger partial charge in [0.05, 0.1) is 11.5 Å². The summed E-state index contributed by atoms with van der Waals surface area (Å²) in [6.45, 7) is 0. The Balaban J connectivity index is 1.72. The highest BCUT2D eigenvalue weighted by molar-refractivity contribution is 5.69. The van der Waals surface area contributed by atoms with Crippen LogP contribution < -0.4 is 5.32 Å². The maximum Gasteiger partial charge on any atom is 0.234 e. The number of rotatable bonds is 6. The van der Waals surface area contributed by atoms with Crippen molar-refractivity contribution in [3.8, 4) is 11.4 Å². The minimum Gasteiger partial charge on any atom is -0.373 e. The fourth-order valence-corrected chi connectivity index (χ4v) is 3.15. The van der Waals surface area contributed by atoms with Crippen molar-refractivity contribution in [1.29, 1.82) is 0 Å². The molecule has 4 rings (SSSR count). The number of anilines is 1. The minimum atomic E-state index is -0.00967. The predicted molar refractivity (Wildman–Crippen MR) is 106 cm³/mol. The summed E-state index contributed by atoms with van der Waals surface area (Å²) in [5.74, 6) is 1.86. The van der Waals surface area contributed by atoms with Crippen LogP contribution in [-0.2, 0) is 6.42 Å². The van der Waals surface area contributed by atoms with Crippen molar-refractivity contribution in [3.05, 3.63) is 96.0 Å². The quantitative estimate of drug-likeness (QED) is 0.549. The lowest BCUT2D eigenvalue weighted by atomic mass is 9.92. The second-order valence-electron chi connectivity index (χ2n) is 6.26. The average Bonchev–Trinajstić information content (AvgIpc) is 3.23. The molecule has 134 valence electrons. The molecule has 2 heterocycles. The van der Waals surface area contributed by atoms with Gasteiger partial charge in [0.1, 0.15) is 5.82 Å². The summed E-state index contributed by atoms with van der Waals surface area (Å²) in [6, 6.07) is 24.4. The van der Waals surface area contributed by atoms with Crippen LogP contribution in [0.5, 0.6) is 0 Å². The van der Waals surface area contributed by atoms with E-state index in [9.17, 15) is 0 Å². The fourth-order valence-electron chi connectivity index (χ4n) is 3.15. The predicted octanol–water partition coefficient (Wildman–Crippen LogP) is 4.55. The molecule has 5 nitrogen and oxygen atoms in total. The molecule has 0 saturated carbocycles. The summed E-state index contributed by atoms with van der Waals surface area (Å²) >= 11 is 0. The van der Waals surface area contributed by atoms with E-state index < -0.39 is 0 Å². The van der Waals surface area contributed by atoms with Gasteiger partial charge in [0.15, 0.2) is 0 Å². The van der Waals surface area contributed by atoms with Gasteiger partial charge in [-0.1, -0.05) is 65.8 Å². The number of nitrogens with one attached hydrogen (secondary N) is 1. The van der Waals surface area contributed by atoms with Crippen molar-refractivity contribution in [1.82, 2.24) is 15.1 Å². The molecule has 0 fully saturated rings. The van der Waals surface area contributed by atoms with Crippen molar-refractivity contribution >= 4 is 5.82 Å². The van der Waals surface area contributed by atoms with Crippen LogP contribution in [0.25, 0.3) is 11.4 Å². The summed E-state index contributed by atoms with van der Waals surface area (Å²) in [7, 11) is 1.83. The van der Waals surface area contributed by atoms with Crippen LogP contribution in [0, 0.1) is 0 Å². The standard InChI is InChI=1S/C22H20N4O/c1-23-20-18(13-8-14-24-20)21-25-22(27-26-21)19(17-11-6-3-7-12-17)15-16-9-4-2-5-10-16/h2-14,19H,15H2,1H3,(H,23,24). The zero-order chi connectivity index (χ0) is 18.5. The second-order valence-corrected chi connectivity index (χ2v) is 6.26. The third kappa shape index (κ3) is 3.72. The van der Waals surface area contributed by atoms with Crippen LogP contribution in [0.3, 0.4) is 0 Å². The van der Waals surface area contributed by atoms with Gasteiger partial charge < -0.3 is 9.84 Å². The Labute approximate surface area is 158 Å². The monoisotopic (exact) mass is 356 g/mol. The third-order valence-corrected chi connectivity index (χ3v) is 4.51. The van der Waals surface area contributed by atoms with Crippen LogP contribution in [0.15, 0.2) is 83.5 Å². The van der Waals surface area contributed by atoms with Crippen LogP contribution in [0.4, 0.5) is 5.82 Å². The van der Waals surface area contributed by atoms with Gasteiger partial charge in [0.25, 0.3) is 0 Å². The molecule has 1 unspecified atom stereocenters. The molecule has 2 aromatic carbocycles. The second kappa shape index (κ2) is 7.83. The number of hydrogen-bond acceptors (Lipinski definition) is 5. The van der Waals surface area contributed by atoms with Crippen molar-refractivity contribution in [3.63, 3.8) is 0 Å². The molecule has 1 atom stereocenters. The molecule has 4 aromatic rings. The van der Waals surface area contributed by atoms with Gasteiger partial charge in [-0.3, -0.25) is 0 Å². The Bertz CT molecular complexity index is 999. The summed E-state index contributed by atoms with van der Waals surface area (Å²) in [5, 5.41) is 7.29. The van der Waals surface area contributed by atoms with E-state index in [1.54, 1.807) is 6.20 Å². The molecule has 0 aliphatic carbocycles. The first kappa shape index (κ1) is 17.0. The van der Waals surface area contributed by atoms with Crippen molar-refractivity contribution in [2.75, 3.05) is 12.4 Å². The summed E-state index contributed by atoms with van der Waals surface area (Å²) in [5.41, 5.74) is 3.20. The minimum absolute atomic E-state index is 0.00967. The van der Waals surface area contributed by atoms with Crippen molar-refractivity contribution < 1.29 is 4.52 Å². The molecule has 0 aliphatic rings. The van der Waals surface area contributed by atoms with Crippen LogP contribution >= 0.6 is 0 Å². The molecule has 0 spiro atoms. The highest BCUT2D eigenvalue weighted by Gasteiger charge is 2.23. The summed E-state index contributed by atoms with van der Waals surface area (Å²) in [6.07, 6.45) is 2.52. The first-order valence-electron chi connectivity index (χ1n) is 8.91. The third-order valence-electron chi connectivity index (χ3n) is 4.51. The van der Waals surface area contributed by atoms with Gasteiger partial charge in [-0.25, -0.2) is 4.98 Å². The fraction of sp³-hybridized carbons (Fsp3) is 0.136. The lowest BCUT2D eigenvalue weighted by Gasteiger charge is -2.13. The molecular formula is C22H20N4O. The Kier molecular flexibility index (Phi) is 4.92. The van der Waals surface area contributed by atoms with Crippen LogP contribution in [0.2, 0.25) is 0 Å². The number of pyridine rings is 1. The van der Waals surface area contributed by atoms with Crippen molar-refractivity contribution in [2.24, 2.45) is 0 Å². The van der Waals surface area contributed by atoms with E-state index in [1.165, 1.54) is 5.56 Å². The van der Waals surface area contributed by atoms with Crippen LogP contribution in [0.1, 0.15) is 22.9 Å². The number of benzene rings is 2. The molecule has 2 aromatic heterocycles. The van der Waals surface area contributed by atoms with E-state index in [4.69, 9.17) is 9.51 Å². The topological polar surface area (TPSA) is 63.8 Å². The Morgan fingerprint density at radius 2 is 1.67 bits per heavy atom. The lowest BCUT2D eigenvalue weighted by molar-refractivity contribution is 0.365. The van der Waals surface area contributed by atoms with E-state index in [0.29, 0.717) is 11.7 Å². The smallest absolute Gasteiger partial charge is 0.234 e. The molecule has 1 N–H and O–H groups in total. The van der Waals surface area contributed by atoms with Crippen LogP contribution in [-0.4, -0.2) is 22.2 Å². The van der Waals surface area contributed by atoms with Gasteiger partial charge in [-0.15, -0.1) is 0 Å². The number of hydrogen-bond donors (Lipinski definition) is 1. The van der Waals surface area contributed by atoms with Gasteiger partial charge >= 0.3 is 0 Å². The molecule has 0 radical (unpaired) electrons. The average molecular weight is 356 g/mol. The highest BCUT2D eigenvalue weighted by atomic mass is 16.5. The maximum atomic E-state index is 5.69. The first-order valence-corrected chi connectivity index (χ1v) is 8.91. The summed E-state index contributed by atoms with van der Waals surface area (Å²) in [4.78, 5) is 9.03. The number of aromatic nitrogens is 3. The van der Waals surface area contributed by atoms with E-state index in [1.807, 2.05) is 55.6 Å². The van der Waals surface area contributed by atoms with E-state index in [-0.39, 0.29) is 5.92 Å². The van der Waals surface area contributed by atoms with Gasteiger partial charge in [-0.05, 0) is 29.7 Å². The molecule has 0 amide bonds. The molecule has 5 heteroatoms. The van der Waals surface area contributed by atoms with Crippen molar-refractivity contribution in [2.45, 2.75) is 12.3 Å². The van der Waals surface area contributed by atoms with Gasteiger partial charge in [-0.2, -0.15) is 4.98 Å². The maximum absolute atomic E-state index is 5.69. The largest absolute Gasteiger partial charge is 0.373 e. The lowest BCUT2D eigenvalue weighted by Crippen LogP contribution is -2.05. The zero-order valence-corrected chi connectivity index (χ0v) is 15.0. The molecule has 0 aliphatic heterocycles. The summed E-state index contributed by atoms with van der Waals surface area (Å²) < 4.78 is 5.69. The first-order chi connectivity index (χ1) is 13.3. The van der Waals surface area contributed by atoms with E-state index >= 15 is 0 Å². The molecule has 0 bridgehead atoms. The Morgan fingerprint density at radius 1 is 0.926 bits per heavy atom. The SMILES string of the molecule is CNc1ncccc1-c1noc(C(Cc2ccccc2)c2ccccc2)n1. The molecular weight excluding hydrogens is 336 g/mol.